The number of benzene rings is 1. The Kier molecular flexibility index (Phi) is 5.97. The number of piperidine rings is 1. The number of aromatic nitrogens is 2. The van der Waals surface area contributed by atoms with Gasteiger partial charge in [-0.3, -0.25) is 4.79 Å². The molecule has 0 spiro atoms. The lowest BCUT2D eigenvalue weighted by molar-refractivity contribution is -0.108. The number of rotatable bonds is 4. The Hall–Kier alpha value is -1.64. The molecular weight excluding hydrogens is 515 g/mol. The molecule has 0 saturated carbocycles. The molecule has 2 aliphatic heterocycles. The first-order chi connectivity index (χ1) is 15.4. The van der Waals surface area contributed by atoms with Crippen LogP contribution in [0.15, 0.2) is 41.3 Å². The Balaban J connectivity index is 1.46. The van der Waals surface area contributed by atoms with Crippen LogP contribution in [-0.4, -0.2) is 56.6 Å². The molecule has 2 saturated heterocycles. The molecule has 1 amide bonds. The lowest BCUT2D eigenvalue weighted by atomic mass is 9.81. The third-order valence-corrected chi connectivity index (χ3v) is 7.75. The average molecular weight is 538 g/mol. The highest BCUT2D eigenvalue weighted by atomic mass is 79.9. The first kappa shape index (κ1) is 22.2. The zero-order chi connectivity index (χ0) is 22.5. The Labute approximate surface area is 204 Å². The summed E-state index contributed by atoms with van der Waals surface area (Å²) in [5, 5.41) is 15.5. The van der Waals surface area contributed by atoms with Crippen molar-refractivity contribution in [2.75, 3.05) is 19.6 Å². The van der Waals surface area contributed by atoms with E-state index in [1.54, 1.807) is 27.9 Å². The molecule has 3 aromatic rings. The van der Waals surface area contributed by atoms with Gasteiger partial charge in [-0.15, -0.1) is 0 Å². The summed E-state index contributed by atoms with van der Waals surface area (Å²) in [4.78, 5) is 19.6. The third kappa shape index (κ3) is 3.94. The van der Waals surface area contributed by atoms with Gasteiger partial charge in [-0.05, 0) is 42.6 Å². The fourth-order valence-corrected chi connectivity index (χ4v) is 5.78. The summed E-state index contributed by atoms with van der Waals surface area (Å²) in [6.07, 6.45) is 8.75. The van der Waals surface area contributed by atoms with Gasteiger partial charge in [-0.25, -0.2) is 4.98 Å². The van der Waals surface area contributed by atoms with E-state index >= 15 is 0 Å². The van der Waals surface area contributed by atoms with E-state index in [0.29, 0.717) is 46.3 Å². The fourth-order valence-electron chi connectivity index (χ4n) is 4.73. The van der Waals surface area contributed by atoms with Crippen molar-refractivity contribution in [3.8, 4) is 0 Å². The number of hydrogen-bond donors (Lipinski definition) is 2. The number of pyridine rings is 1. The second-order valence-corrected chi connectivity index (χ2v) is 10.4. The van der Waals surface area contributed by atoms with Gasteiger partial charge < -0.3 is 19.7 Å². The Bertz CT molecular complexity index is 1190. The fraction of sp³-hybridized carbons (Fsp3) is 0.391. The maximum atomic E-state index is 13.5. The topological polar surface area (TPSA) is 69.9 Å². The van der Waals surface area contributed by atoms with E-state index in [0.717, 1.165) is 35.8 Å². The number of aliphatic hydroxyl groups is 1. The second-order valence-electron chi connectivity index (χ2n) is 8.67. The molecule has 0 unspecified atom stereocenters. The number of imidazole rings is 1. The predicted molar refractivity (Wildman–Crippen MR) is 129 cm³/mol. The van der Waals surface area contributed by atoms with E-state index in [9.17, 15) is 9.90 Å². The highest BCUT2D eigenvalue weighted by Crippen LogP contribution is 2.34. The first-order valence-electron chi connectivity index (χ1n) is 10.7. The maximum absolute atomic E-state index is 13.5. The highest BCUT2D eigenvalue weighted by Gasteiger charge is 2.49. The van der Waals surface area contributed by atoms with Gasteiger partial charge in [0.1, 0.15) is 5.60 Å². The summed E-state index contributed by atoms with van der Waals surface area (Å²) < 4.78 is 2.64. The van der Waals surface area contributed by atoms with Gasteiger partial charge in [0.05, 0.1) is 23.7 Å². The molecule has 32 heavy (non-hydrogen) atoms. The normalized spacial score (nSPS) is 20.4. The van der Waals surface area contributed by atoms with Gasteiger partial charge in [0.2, 0.25) is 0 Å². The number of nitrogens with zero attached hydrogens (tertiary/aromatic N) is 3. The molecule has 9 heteroatoms. The third-order valence-electron chi connectivity index (χ3n) is 6.51. The first-order valence-corrected chi connectivity index (χ1v) is 12.2. The van der Waals surface area contributed by atoms with E-state index in [1.807, 2.05) is 18.2 Å². The molecular formula is C23H23BrCl2N4O2. The van der Waals surface area contributed by atoms with Crippen LogP contribution in [0, 0.1) is 0 Å². The molecule has 2 aliphatic rings. The standard InChI is InChI=1S/C23H23BrCl2N4O2/c24-15-5-4-14(18(25)10-15)9-16-17(11-29-8-7-28-21(29)20(16)26)22(31)30-12-23(32,13-30)19-3-1-2-6-27-19/h4-5,7-8,10-11,19,27,32H,1-3,6,9,12-13H2/t19-/m0/s1. The van der Waals surface area contributed by atoms with Crippen LogP contribution in [0.4, 0.5) is 0 Å². The number of fused-ring (bicyclic) bond motifs is 1. The van der Waals surface area contributed by atoms with Crippen molar-refractivity contribution in [3.05, 3.63) is 68.0 Å². The smallest absolute Gasteiger partial charge is 0.255 e. The van der Waals surface area contributed by atoms with Crippen molar-refractivity contribution < 1.29 is 9.90 Å². The van der Waals surface area contributed by atoms with Crippen LogP contribution >= 0.6 is 39.1 Å². The van der Waals surface area contributed by atoms with Gasteiger partial charge in [0.15, 0.2) is 5.65 Å². The number of β-amino-alcohol motifs (C(OH)–C–C–N with tert-alkyl or cyclic N) is 1. The van der Waals surface area contributed by atoms with Gasteiger partial charge in [-0.1, -0.05) is 51.6 Å². The molecule has 1 aromatic carbocycles. The van der Waals surface area contributed by atoms with Crippen molar-refractivity contribution in [1.29, 1.82) is 0 Å². The van der Waals surface area contributed by atoms with Crippen LogP contribution in [0.1, 0.15) is 40.7 Å². The quantitative estimate of drug-likeness (QED) is 0.520. The van der Waals surface area contributed by atoms with Crippen LogP contribution in [0.25, 0.3) is 5.65 Å². The zero-order valence-electron chi connectivity index (χ0n) is 17.3. The van der Waals surface area contributed by atoms with E-state index < -0.39 is 5.60 Å². The monoisotopic (exact) mass is 536 g/mol. The summed E-state index contributed by atoms with van der Waals surface area (Å²) in [6, 6.07) is 5.69. The summed E-state index contributed by atoms with van der Waals surface area (Å²) >= 11 is 16.6. The van der Waals surface area contributed by atoms with Crippen LogP contribution < -0.4 is 5.32 Å². The minimum Gasteiger partial charge on any atom is -0.385 e. The molecule has 0 bridgehead atoms. The van der Waals surface area contributed by atoms with E-state index in [2.05, 4.69) is 26.2 Å². The van der Waals surface area contributed by atoms with Gasteiger partial charge in [0.25, 0.3) is 5.91 Å². The molecule has 4 heterocycles. The molecule has 2 fully saturated rings. The number of halogens is 3. The summed E-state index contributed by atoms with van der Waals surface area (Å²) in [5.74, 6) is -0.147. The second kappa shape index (κ2) is 8.61. The molecule has 1 atom stereocenters. The van der Waals surface area contributed by atoms with Crippen molar-refractivity contribution >= 4 is 50.7 Å². The van der Waals surface area contributed by atoms with Crippen LogP contribution in [0.2, 0.25) is 10.0 Å². The number of nitrogens with one attached hydrogen (secondary N) is 1. The summed E-state index contributed by atoms with van der Waals surface area (Å²) in [7, 11) is 0. The number of carbonyl (C=O) groups is 1. The lowest BCUT2D eigenvalue weighted by Gasteiger charge is -2.51. The van der Waals surface area contributed by atoms with E-state index in [4.69, 9.17) is 23.2 Å². The Morgan fingerprint density at radius 2 is 2.12 bits per heavy atom. The highest BCUT2D eigenvalue weighted by molar-refractivity contribution is 9.10. The molecule has 2 aromatic heterocycles. The van der Waals surface area contributed by atoms with E-state index in [1.165, 1.54) is 0 Å². The minimum atomic E-state index is -0.881. The predicted octanol–water partition coefficient (Wildman–Crippen LogP) is 4.32. The van der Waals surface area contributed by atoms with Crippen molar-refractivity contribution in [1.82, 2.24) is 19.6 Å². The Morgan fingerprint density at radius 1 is 1.31 bits per heavy atom. The molecule has 0 aliphatic carbocycles. The van der Waals surface area contributed by atoms with Crippen LogP contribution in [0.3, 0.4) is 0 Å². The lowest BCUT2D eigenvalue weighted by Crippen LogP contribution is -2.72. The SMILES string of the molecule is O=C(c1cn2ccnc2c(Cl)c1Cc1ccc(Br)cc1Cl)N1CC(O)([C@@H]2CCCCN2)C1. The zero-order valence-corrected chi connectivity index (χ0v) is 20.4. The van der Waals surface area contributed by atoms with Crippen LogP contribution in [-0.2, 0) is 6.42 Å². The summed E-state index contributed by atoms with van der Waals surface area (Å²) in [5.41, 5.74) is 1.77. The number of likely N-dealkylation sites (tertiary alicyclic amines) is 1. The summed E-state index contributed by atoms with van der Waals surface area (Å²) in [6.45, 7) is 1.52. The number of hydrogen-bond acceptors (Lipinski definition) is 4. The van der Waals surface area contributed by atoms with Crippen molar-refractivity contribution in [3.63, 3.8) is 0 Å². The van der Waals surface area contributed by atoms with Gasteiger partial charge in [0, 0.05) is 40.5 Å². The number of amides is 1. The van der Waals surface area contributed by atoms with Crippen molar-refractivity contribution in [2.45, 2.75) is 37.3 Å². The minimum absolute atomic E-state index is 0.0288. The molecule has 2 N–H and O–H groups in total. The molecule has 0 radical (unpaired) electrons. The van der Waals surface area contributed by atoms with Gasteiger partial charge >= 0.3 is 0 Å². The maximum Gasteiger partial charge on any atom is 0.255 e. The van der Waals surface area contributed by atoms with Gasteiger partial charge in [-0.2, -0.15) is 0 Å². The average Bonchev–Trinajstić information content (AvgIpc) is 3.24. The molecule has 168 valence electrons. The Morgan fingerprint density at radius 3 is 2.84 bits per heavy atom. The van der Waals surface area contributed by atoms with E-state index in [-0.39, 0.29) is 11.9 Å². The molecule has 5 rings (SSSR count). The molecule has 6 nitrogen and oxygen atoms in total. The van der Waals surface area contributed by atoms with Crippen LogP contribution in [0.5, 0.6) is 0 Å². The largest absolute Gasteiger partial charge is 0.385 e. The number of carbonyl (C=O) groups excluding carboxylic acids is 1. The van der Waals surface area contributed by atoms with Crippen molar-refractivity contribution in [2.24, 2.45) is 0 Å².